The highest BCUT2D eigenvalue weighted by atomic mass is 15.5. The predicted octanol–water partition coefficient (Wildman–Crippen LogP) is -0.259. The van der Waals surface area contributed by atoms with E-state index < -0.39 is 12.1 Å². The van der Waals surface area contributed by atoms with Gasteiger partial charge in [-0.2, -0.15) is 10.5 Å². The van der Waals surface area contributed by atoms with Crippen LogP contribution in [0.3, 0.4) is 0 Å². The van der Waals surface area contributed by atoms with Gasteiger partial charge in [0, 0.05) is 0 Å². The largest absolute Gasteiger partial charge is 0.271 e. The second-order valence-electron chi connectivity index (χ2n) is 1.53. The van der Waals surface area contributed by atoms with E-state index in [1.165, 1.54) is 0 Å². The third-order valence-electron chi connectivity index (χ3n) is 0.966. The van der Waals surface area contributed by atoms with Gasteiger partial charge in [0.2, 0.25) is 0 Å². The van der Waals surface area contributed by atoms with Gasteiger partial charge in [-0.15, -0.1) is 5.11 Å². The van der Waals surface area contributed by atoms with Crippen LogP contribution in [0, 0.1) is 22.7 Å². The molecule has 0 radical (unpaired) electrons. The molecule has 0 aromatic carbocycles. The van der Waals surface area contributed by atoms with Crippen molar-refractivity contribution in [1.82, 2.24) is 5.43 Å². The van der Waals surface area contributed by atoms with Gasteiger partial charge in [-0.05, 0) is 0 Å². The Kier molecular flexibility index (Phi) is 1.29. The molecule has 0 spiro atoms. The van der Waals surface area contributed by atoms with E-state index in [0.29, 0.717) is 0 Å². The van der Waals surface area contributed by atoms with Crippen LogP contribution in [0.15, 0.2) is 10.3 Å². The minimum atomic E-state index is -0.630. The number of hydrogen-bond acceptors (Lipinski definition) is 5. The highest BCUT2D eigenvalue weighted by Gasteiger charge is 2.24. The van der Waals surface area contributed by atoms with Crippen molar-refractivity contribution in [2.45, 2.75) is 12.1 Å². The number of rotatable bonds is 0. The summed E-state index contributed by atoms with van der Waals surface area (Å²) in [6, 6.07) is 2.47. The van der Waals surface area contributed by atoms with Crippen molar-refractivity contribution < 1.29 is 0 Å². The summed E-state index contributed by atoms with van der Waals surface area (Å²) in [5.74, 6) is 0. The first-order valence-corrected chi connectivity index (χ1v) is 2.33. The molecule has 0 saturated heterocycles. The maximum Gasteiger partial charge on any atom is 0.194 e. The van der Waals surface area contributed by atoms with Crippen LogP contribution in [-0.4, -0.2) is 12.1 Å². The summed E-state index contributed by atoms with van der Waals surface area (Å²) in [5, 5.41) is 23.3. The molecule has 0 aromatic heterocycles. The zero-order valence-corrected chi connectivity index (χ0v) is 4.44. The van der Waals surface area contributed by atoms with E-state index in [1.54, 1.807) is 0 Å². The first-order valence-electron chi connectivity index (χ1n) is 2.33. The van der Waals surface area contributed by atoms with Gasteiger partial charge in [0.1, 0.15) is 0 Å². The molecule has 0 bridgehead atoms. The Morgan fingerprint density at radius 2 is 2.11 bits per heavy atom. The van der Waals surface area contributed by atoms with Crippen molar-refractivity contribution in [3.05, 3.63) is 0 Å². The molecule has 0 amide bonds. The standard InChI is InChI=1S/C4H3N5/c5-1-3-4(2-6)8-9-7-3/h3-4H,(H,7,8). The zero-order chi connectivity index (χ0) is 6.69. The lowest BCUT2D eigenvalue weighted by Gasteiger charge is -1.96. The second-order valence-corrected chi connectivity index (χ2v) is 1.53. The third-order valence-corrected chi connectivity index (χ3v) is 0.966. The fraction of sp³-hybridized carbons (Fsp3) is 0.500. The van der Waals surface area contributed by atoms with E-state index in [-0.39, 0.29) is 0 Å². The Hall–Kier alpha value is -1.62. The van der Waals surface area contributed by atoms with Crippen molar-refractivity contribution in [2.24, 2.45) is 10.3 Å². The van der Waals surface area contributed by atoms with Gasteiger partial charge in [-0.25, -0.2) is 0 Å². The number of hydrogen-bond donors (Lipinski definition) is 1. The summed E-state index contributed by atoms with van der Waals surface area (Å²) in [4.78, 5) is 0. The monoisotopic (exact) mass is 121 g/mol. The third kappa shape index (κ3) is 0.799. The van der Waals surface area contributed by atoms with E-state index in [4.69, 9.17) is 10.5 Å². The molecule has 0 saturated carbocycles. The Morgan fingerprint density at radius 1 is 1.33 bits per heavy atom. The molecule has 2 unspecified atom stereocenters. The Labute approximate surface area is 51.6 Å². The second kappa shape index (κ2) is 2.10. The van der Waals surface area contributed by atoms with Crippen LogP contribution in [0.1, 0.15) is 0 Å². The van der Waals surface area contributed by atoms with Crippen molar-refractivity contribution in [2.75, 3.05) is 0 Å². The van der Waals surface area contributed by atoms with Crippen molar-refractivity contribution in [1.29, 1.82) is 10.5 Å². The first-order chi connectivity index (χ1) is 4.38. The predicted molar refractivity (Wildman–Crippen MR) is 26.8 cm³/mol. The lowest BCUT2D eigenvalue weighted by molar-refractivity contribution is 0.681. The molecule has 44 valence electrons. The molecular formula is C4H3N5. The normalized spacial score (nSPS) is 30.4. The molecule has 0 aromatic rings. The highest BCUT2D eigenvalue weighted by molar-refractivity contribution is 5.09. The summed E-state index contributed by atoms with van der Waals surface area (Å²) in [7, 11) is 0. The van der Waals surface area contributed by atoms with Crippen molar-refractivity contribution >= 4 is 0 Å². The summed E-state index contributed by atoms with van der Waals surface area (Å²) in [6.07, 6.45) is 0. The highest BCUT2D eigenvalue weighted by Crippen LogP contribution is 2.03. The van der Waals surface area contributed by atoms with E-state index in [0.717, 1.165) is 0 Å². The molecule has 0 fully saturated rings. The van der Waals surface area contributed by atoms with Gasteiger partial charge >= 0.3 is 0 Å². The molecule has 1 N–H and O–H groups in total. The number of nitriles is 2. The number of nitrogens with one attached hydrogen (secondary N) is 1. The first kappa shape index (κ1) is 5.52. The molecular weight excluding hydrogens is 118 g/mol. The summed E-state index contributed by atoms with van der Waals surface area (Å²) < 4.78 is 0. The fourth-order valence-electron chi connectivity index (χ4n) is 0.495. The Bertz CT molecular complexity index is 206. The maximum atomic E-state index is 8.28. The van der Waals surface area contributed by atoms with Crippen LogP contribution in [0.4, 0.5) is 0 Å². The topological polar surface area (TPSA) is 84.3 Å². The average Bonchev–Trinajstić information content (AvgIpc) is 2.33. The molecule has 1 rings (SSSR count). The molecule has 0 aliphatic carbocycles. The van der Waals surface area contributed by atoms with Gasteiger partial charge in [-0.3, -0.25) is 5.43 Å². The molecule has 5 nitrogen and oxygen atoms in total. The van der Waals surface area contributed by atoms with Crippen LogP contribution in [0.5, 0.6) is 0 Å². The summed E-state index contributed by atoms with van der Waals surface area (Å²) in [6.45, 7) is 0. The quantitative estimate of drug-likeness (QED) is 0.479. The lowest BCUT2D eigenvalue weighted by atomic mass is 10.2. The van der Waals surface area contributed by atoms with Crippen molar-refractivity contribution in [3.8, 4) is 12.1 Å². The van der Waals surface area contributed by atoms with Crippen LogP contribution >= 0.6 is 0 Å². The molecule has 1 aliphatic heterocycles. The van der Waals surface area contributed by atoms with Gasteiger partial charge in [0.25, 0.3) is 0 Å². The van der Waals surface area contributed by atoms with E-state index in [2.05, 4.69) is 15.8 Å². The fourth-order valence-corrected chi connectivity index (χ4v) is 0.495. The van der Waals surface area contributed by atoms with E-state index in [9.17, 15) is 0 Å². The SMILES string of the molecule is N#CC1N=NNC1C#N. The molecule has 5 heteroatoms. The van der Waals surface area contributed by atoms with Crippen LogP contribution in [-0.2, 0) is 0 Å². The average molecular weight is 121 g/mol. The summed E-state index contributed by atoms with van der Waals surface area (Å²) in [5.41, 5.74) is 2.38. The molecule has 2 atom stereocenters. The van der Waals surface area contributed by atoms with Crippen LogP contribution in [0.2, 0.25) is 0 Å². The Morgan fingerprint density at radius 3 is 2.56 bits per heavy atom. The van der Waals surface area contributed by atoms with E-state index in [1.807, 2.05) is 12.1 Å². The maximum absolute atomic E-state index is 8.28. The van der Waals surface area contributed by atoms with Gasteiger partial charge in [-0.1, -0.05) is 5.22 Å². The minimum Gasteiger partial charge on any atom is -0.271 e. The smallest absolute Gasteiger partial charge is 0.194 e. The molecule has 9 heavy (non-hydrogen) atoms. The van der Waals surface area contributed by atoms with Crippen molar-refractivity contribution in [3.63, 3.8) is 0 Å². The lowest BCUT2D eigenvalue weighted by Crippen LogP contribution is -2.27. The van der Waals surface area contributed by atoms with Crippen LogP contribution in [0.25, 0.3) is 0 Å². The molecule has 1 heterocycles. The Balaban J connectivity index is 2.65. The van der Waals surface area contributed by atoms with Gasteiger partial charge in [0.05, 0.1) is 12.1 Å². The van der Waals surface area contributed by atoms with Gasteiger partial charge in [0.15, 0.2) is 12.1 Å². The van der Waals surface area contributed by atoms with E-state index >= 15 is 0 Å². The molecule has 1 aliphatic rings. The van der Waals surface area contributed by atoms with Crippen LogP contribution < -0.4 is 5.43 Å². The van der Waals surface area contributed by atoms with Gasteiger partial charge < -0.3 is 0 Å². The minimum absolute atomic E-state index is 0.560. The number of nitrogens with zero attached hydrogens (tertiary/aromatic N) is 4. The zero-order valence-electron chi connectivity index (χ0n) is 4.44. The summed E-state index contributed by atoms with van der Waals surface area (Å²) >= 11 is 0.